The van der Waals surface area contributed by atoms with Crippen LogP contribution in [0.3, 0.4) is 0 Å². The van der Waals surface area contributed by atoms with Crippen molar-refractivity contribution in [2.75, 3.05) is 13.2 Å². The Morgan fingerprint density at radius 1 is 1.18 bits per heavy atom. The monoisotopic (exact) mass is 231 g/mol. The highest BCUT2D eigenvalue weighted by molar-refractivity contribution is 5.42. The summed E-state index contributed by atoms with van der Waals surface area (Å²) >= 11 is 0. The number of allylic oxidation sites excluding steroid dienone is 1. The van der Waals surface area contributed by atoms with Crippen molar-refractivity contribution in [2.45, 2.75) is 25.3 Å². The van der Waals surface area contributed by atoms with E-state index in [2.05, 4.69) is 12.1 Å². The van der Waals surface area contributed by atoms with Gasteiger partial charge >= 0.3 is 0 Å². The minimum absolute atomic E-state index is 0.138. The summed E-state index contributed by atoms with van der Waals surface area (Å²) in [5.74, 6) is 1.91. The van der Waals surface area contributed by atoms with E-state index >= 15 is 0 Å². The van der Waals surface area contributed by atoms with Gasteiger partial charge in [-0.05, 0) is 42.2 Å². The first-order valence-electron chi connectivity index (χ1n) is 6.18. The lowest BCUT2D eigenvalue weighted by Gasteiger charge is -2.21. The van der Waals surface area contributed by atoms with Crippen molar-refractivity contribution in [3.05, 3.63) is 41.2 Å². The van der Waals surface area contributed by atoms with E-state index in [1.54, 1.807) is 0 Å². The molecular weight excluding hydrogens is 214 g/mol. The summed E-state index contributed by atoms with van der Waals surface area (Å²) in [6.07, 6.45) is 5.25. The Kier molecular flexibility index (Phi) is 2.77. The summed E-state index contributed by atoms with van der Waals surface area (Å²) in [5, 5.41) is 0. The first-order chi connectivity index (χ1) is 8.34. The van der Waals surface area contributed by atoms with Gasteiger partial charge in [-0.1, -0.05) is 6.07 Å². The van der Waals surface area contributed by atoms with Gasteiger partial charge in [-0.2, -0.15) is 0 Å². The van der Waals surface area contributed by atoms with E-state index < -0.39 is 0 Å². The number of rotatable bonds is 2. The summed E-state index contributed by atoms with van der Waals surface area (Å²) in [7, 11) is 0. The zero-order valence-corrected chi connectivity index (χ0v) is 9.82. The van der Waals surface area contributed by atoms with Gasteiger partial charge in [0.1, 0.15) is 11.5 Å². The van der Waals surface area contributed by atoms with Crippen molar-refractivity contribution in [3.63, 3.8) is 0 Å². The molecule has 0 saturated carbocycles. The fourth-order valence-corrected chi connectivity index (χ4v) is 2.36. The number of hydrogen-bond donors (Lipinski definition) is 1. The van der Waals surface area contributed by atoms with Crippen molar-refractivity contribution in [2.24, 2.45) is 5.73 Å². The van der Waals surface area contributed by atoms with Crippen molar-refractivity contribution < 1.29 is 9.47 Å². The normalized spacial score (nSPS) is 19.9. The summed E-state index contributed by atoms with van der Waals surface area (Å²) < 4.78 is 11.1. The second-order valence-electron chi connectivity index (χ2n) is 4.54. The maximum absolute atomic E-state index is 6.23. The van der Waals surface area contributed by atoms with Gasteiger partial charge in [-0.25, -0.2) is 0 Å². The molecule has 1 unspecified atom stereocenters. The first kappa shape index (κ1) is 10.7. The lowest BCUT2D eigenvalue weighted by atomic mass is 10.0. The molecular formula is C14H17NO2. The lowest BCUT2D eigenvalue weighted by Crippen LogP contribution is -2.18. The lowest BCUT2D eigenvalue weighted by molar-refractivity contribution is 0.176. The molecule has 0 bridgehead atoms. The van der Waals surface area contributed by atoms with Gasteiger partial charge in [0.25, 0.3) is 0 Å². The molecule has 0 aromatic heterocycles. The third-order valence-corrected chi connectivity index (χ3v) is 3.34. The van der Waals surface area contributed by atoms with Crippen molar-refractivity contribution in [1.82, 2.24) is 0 Å². The number of fused-ring (bicyclic) bond motifs is 1. The average Bonchev–Trinajstić information content (AvgIpc) is 2.86. The summed E-state index contributed by atoms with van der Waals surface area (Å²) in [6, 6.07) is 6.06. The van der Waals surface area contributed by atoms with Crippen molar-refractivity contribution in [3.8, 4) is 5.75 Å². The molecule has 1 aromatic rings. The highest BCUT2D eigenvalue weighted by Crippen LogP contribution is 2.30. The Morgan fingerprint density at radius 2 is 2.12 bits per heavy atom. The minimum atomic E-state index is -0.138. The van der Waals surface area contributed by atoms with Gasteiger partial charge in [0.2, 0.25) is 0 Å². The SMILES string of the molecule is NC(C1=CCCCO1)c1ccc2c(c1)CCO2. The van der Waals surface area contributed by atoms with Crippen LogP contribution in [0.15, 0.2) is 30.0 Å². The fourth-order valence-electron chi connectivity index (χ4n) is 2.36. The Bertz CT molecular complexity index is 454. The topological polar surface area (TPSA) is 44.5 Å². The van der Waals surface area contributed by atoms with Crippen LogP contribution in [0, 0.1) is 0 Å². The predicted molar refractivity (Wildman–Crippen MR) is 65.8 cm³/mol. The first-order valence-corrected chi connectivity index (χ1v) is 6.18. The van der Waals surface area contributed by atoms with Gasteiger partial charge in [-0.3, -0.25) is 0 Å². The third-order valence-electron chi connectivity index (χ3n) is 3.34. The zero-order valence-electron chi connectivity index (χ0n) is 9.82. The Hall–Kier alpha value is -1.48. The van der Waals surface area contributed by atoms with E-state index in [-0.39, 0.29) is 6.04 Å². The van der Waals surface area contributed by atoms with Crippen LogP contribution in [-0.4, -0.2) is 13.2 Å². The van der Waals surface area contributed by atoms with E-state index in [0.29, 0.717) is 0 Å². The maximum Gasteiger partial charge on any atom is 0.122 e. The number of nitrogens with two attached hydrogens (primary N) is 1. The molecule has 0 amide bonds. The van der Waals surface area contributed by atoms with Crippen LogP contribution in [0.1, 0.15) is 30.0 Å². The molecule has 3 nitrogen and oxygen atoms in total. The van der Waals surface area contributed by atoms with Gasteiger partial charge in [-0.15, -0.1) is 0 Å². The maximum atomic E-state index is 6.23. The van der Waals surface area contributed by atoms with Gasteiger partial charge in [0.15, 0.2) is 0 Å². The number of hydrogen-bond acceptors (Lipinski definition) is 3. The zero-order chi connectivity index (χ0) is 11.7. The molecule has 90 valence electrons. The second-order valence-corrected chi connectivity index (χ2v) is 4.54. The molecule has 2 aliphatic heterocycles. The molecule has 0 radical (unpaired) electrons. The van der Waals surface area contributed by atoms with Crippen LogP contribution in [0.25, 0.3) is 0 Å². The molecule has 1 atom stereocenters. The summed E-state index contributed by atoms with van der Waals surface area (Å²) in [6.45, 7) is 1.57. The molecule has 2 N–H and O–H groups in total. The molecule has 0 aliphatic carbocycles. The smallest absolute Gasteiger partial charge is 0.122 e. The van der Waals surface area contributed by atoms with E-state index in [1.807, 2.05) is 12.1 Å². The molecule has 3 rings (SSSR count). The molecule has 2 aliphatic rings. The molecule has 3 heteroatoms. The van der Waals surface area contributed by atoms with Gasteiger partial charge in [0, 0.05) is 6.42 Å². The van der Waals surface area contributed by atoms with Gasteiger partial charge in [0.05, 0.1) is 19.3 Å². The molecule has 0 saturated heterocycles. The highest BCUT2D eigenvalue weighted by atomic mass is 16.5. The largest absolute Gasteiger partial charge is 0.496 e. The third kappa shape index (κ3) is 2.03. The molecule has 1 aromatic carbocycles. The number of ether oxygens (including phenoxy) is 2. The van der Waals surface area contributed by atoms with Crippen LogP contribution in [0.2, 0.25) is 0 Å². The van der Waals surface area contributed by atoms with Crippen LogP contribution in [0.5, 0.6) is 5.75 Å². The molecule has 17 heavy (non-hydrogen) atoms. The standard InChI is InChI=1S/C14H17NO2/c15-14(13-3-1-2-7-16-13)11-4-5-12-10(9-11)6-8-17-12/h3-5,9,14H,1-2,6-8,15H2. The van der Waals surface area contributed by atoms with E-state index in [1.165, 1.54) is 5.56 Å². The van der Waals surface area contributed by atoms with Crippen LogP contribution in [0.4, 0.5) is 0 Å². The Labute approximate surface area is 101 Å². The predicted octanol–water partition coefficient (Wildman–Crippen LogP) is 2.32. The Balaban J connectivity index is 1.86. The van der Waals surface area contributed by atoms with Crippen molar-refractivity contribution >= 4 is 0 Å². The second kappa shape index (κ2) is 4.41. The van der Waals surface area contributed by atoms with Crippen molar-refractivity contribution in [1.29, 1.82) is 0 Å². The van der Waals surface area contributed by atoms with Crippen LogP contribution >= 0.6 is 0 Å². The summed E-state index contributed by atoms with van der Waals surface area (Å²) in [5.41, 5.74) is 8.60. The summed E-state index contributed by atoms with van der Waals surface area (Å²) in [4.78, 5) is 0. The molecule has 2 heterocycles. The highest BCUT2D eigenvalue weighted by Gasteiger charge is 2.19. The molecule has 0 fully saturated rings. The van der Waals surface area contributed by atoms with E-state index in [9.17, 15) is 0 Å². The fraction of sp³-hybridized carbons (Fsp3) is 0.429. The average molecular weight is 231 g/mol. The van der Waals surface area contributed by atoms with E-state index in [0.717, 1.165) is 49.5 Å². The molecule has 0 spiro atoms. The quantitative estimate of drug-likeness (QED) is 0.849. The Morgan fingerprint density at radius 3 is 2.94 bits per heavy atom. The van der Waals surface area contributed by atoms with Gasteiger partial charge < -0.3 is 15.2 Å². The van der Waals surface area contributed by atoms with E-state index in [4.69, 9.17) is 15.2 Å². The van der Waals surface area contributed by atoms with Crippen LogP contribution in [-0.2, 0) is 11.2 Å². The minimum Gasteiger partial charge on any atom is -0.496 e. The van der Waals surface area contributed by atoms with Crippen LogP contribution < -0.4 is 10.5 Å². The number of benzene rings is 1.